The quantitative estimate of drug-likeness (QED) is 0.612. The van der Waals surface area contributed by atoms with Gasteiger partial charge in [0, 0.05) is 11.6 Å². The fraction of sp³-hybridized carbons (Fsp3) is 0.111. The number of nitro benzene ring substituents is 1. The Labute approximate surface area is 106 Å². The van der Waals surface area contributed by atoms with Gasteiger partial charge in [0.05, 0.1) is 11.0 Å². The van der Waals surface area contributed by atoms with Crippen molar-refractivity contribution >= 4 is 17.3 Å². The SMILES string of the molecule is N#CCn1nnnc1-c1ccc(Cl)c([N+](=O)[O-])c1. The van der Waals surface area contributed by atoms with Gasteiger partial charge in [-0.15, -0.1) is 5.10 Å². The zero-order valence-electron chi connectivity index (χ0n) is 8.82. The first-order valence-corrected chi connectivity index (χ1v) is 5.08. The molecule has 0 saturated heterocycles. The summed E-state index contributed by atoms with van der Waals surface area (Å²) >= 11 is 5.70. The van der Waals surface area contributed by atoms with Gasteiger partial charge in [0.2, 0.25) is 0 Å². The van der Waals surface area contributed by atoms with Gasteiger partial charge in [0.1, 0.15) is 11.6 Å². The Hall–Kier alpha value is -2.53. The van der Waals surface area contributed by atoms with Gasteiger partial charge in [-0.25, -0.2) is 4.68 Å². The molecule has 90 valence electrons. The summed E-state index contributed by atoms with van der Waals surface area (Å²) in [6.45, 7) is -0.0429. The lowest BCUT2D eigenvalue weighted by molar-refractivity contribution is -0.384. The first kappa shape index (κ1) is 11.9. The topological polar surface area (TPSA) is 111 Å². The number of nitro groups is 1. The molecule has 0 aliphatic heterocycles. The van der Waals surface area contributed by atoms with Crippen molar-refractivity contribution in [3.63, 3.8) is 0 Å². The molecular formula is C9H5ClN6O2. The van der Waals surface area contributed by atoms with Gasteiger partial charge >= 0.3 is 0 Å². The minimum atomic E-state index is -0.593. The number of hydrogen-bond acceptors (Lipinski definition) is 6. The summed E-state index contributed by atoms with van der Waals surface area (Å²) in [4.78, 5) is 10.2. The molecule has 2 aromatic rings. The van der Waals surface area contributed by atoms with E-state index in [1.165, 1.54) is 16.8 Å². The van der Waals surface area contributed by atoms with Crippen molar-refractivity contribution in [2.24, 2.45) is 0 Å². The number of benzene rings is 1. The minimum Gasteiger partial charge on any atom is -0.258 e. The van der Waals surface area contributed by atoms with Crippen LogP contribution in [-0.2, 0) is 6.54 Å². The lowest BCUT2D eigenvalue weighted by atomic mass is 10.2. The van der Waals surface area contributed by atoms with Crippen molar-refractivity contribution in [1.29, 1.82) is 5.26 Å². The van der Waals surface area contributed by atoms with Crippen LogP contribution in [0.3, 0.4) is 0 Å². The average molecular weight is 265 g/mol. The van der Waals surface area contributed by atoms with Crippen LogP contribution in [0.4, 0.5) is 5.69 Å². The van der Waals surface area contributed by atoms with Gasteiger partial charge in [-0.05, 0) is 22.6 Å². The zero-order valence-corrected chi connectivity index (χ0v) is 9.57. The Balaban J connectivity index is 2.52. The molecular weight excluding hydrogens is 260 g/mol. The first-order chi connectivity index (χ1) is 8.63. The third kappa shape index (κ3) is 2.11. The molecule has 0 fully saturated rings. The Morgan fingerprint density at radius 2 is 2.33 bits per heavy atom. The third-order valence-electron chi connectivity index (χ3n) is 2.15. The molecule has 1 heterocycles. The average Bonchev–Trinajstić information content (AvgIpc) is 2.78. The lowest BCUT2D eigenvalue weighted by Crippen LogP contribution is -2.01. The van der Waals surface area contributed by atoms with Crippen LogP contribution < -0.4 is 0 Å². The van der Waals surface area contributed by atoms with Crippen molar-refractivity contribution in [2.45, 2.75) is 6.54 Å². The Kier molecular flexibility index (Phi) is 3.16. The molecule has 2 rings (SSSR count). The Morgan fingerprint density at radius 3 is 3.00 bits per heavy atom. The molecule has 1 aromatic heterocycles. The van der Waals surface area contributed by atoms with E-state index in [4.69, 9.17) is 16.9 Å². The number of rotatable bonds is 3. The summed E-state index contributed by atoms with van der Waals surface area (Å²) in [6.07, 6.45) is 0. The summed E-state index contributed by atoms with van der Waals surface area (Å²) in [5.41, 5.74) is 0.187. The molecule has 0 atom stereocenters. The molecule has 0 saturated carbocycles. The monoisotopic (exact) mass is 264 g/mol. The van der Waals surface area contributed by atoms with E-state index in [0.29, 0.717) is 5.56 Å². The molecule has 0 radical (unpaired) electrons. The zero-order chi connectivity index (χ0) is 13.1. The van der Waals surface area contributed by atoms with E-state index >= 15 is 0 Å². The van der Waals surface area contributed by atoms with Crippen molar-refractivity contribution in [2.75, 3.05) is 0 Å². The molecule has 0 bridgehead atoms. The molecule has 0 aliphatic rings. The van der Waals surface area contributed by atoms with Crippen molar-refractivity contribution < 1.29 is 4.92 Å². The highest BCUT2D eigenvalue weighted by molar-refractivity contribution is 6.32. The van der Waals surface area contributed by atoms with Gasteiger partial charge in [-0.2, -0.15) is 5.26 Å². The van der Waals surface area contributed by atoms with Crippen molar-refractivity contribution in [3.05, 3.63) is 33.3 Å². The van der Waals surface area contributed by atoms with Crippen LogP contribution in [0.2, 0.25) is 5.02 Å². The van der Waals surface area contributed by atoms with Crippen LogP contribution in [0.1, 0.15) is 0 Å². The number of hydrogen-bond donors (Lipinski definition) is 0. The summed E-state index contributed by atoms with van der Waals surface area (Å²) in [7, 11) is 0. The smallest absolute Gasteiger partial charge is 0.258 e. The highest BCUT2D eigenvalue weighted by Crippen LogP contribution is 2.28. The van der Waals surface area contributed by atoms with E-state index in [-0.39, 0.29) is 23.1 Å². The standard InChI is InChI=1S/C9H5ClN6O2/c10-7-2-1-6(5-8(7)16(17)18)9-12-13-14-15(9)4-3-11/h1-2,5H,4H2. The molecule has 9 heteroatoms. The highest BCUT2D eigenvalue weighted by atomic mass is 35.5. The Bertz CT molecular complexity index is 647. The third-order valence-corrected chi connectivity index (χ3v) is 2.47. The molecule has 0 amide bonds. The fourth-order valence-corrected chi connectivity index (χ4v) is 1.56. The molecule has 1 aromatic carbocycles. The van der Waals surface area contributed by atoms with Crippen LogP contribution in [0.15, 0.2) is 18.2 Å². The van der Waals surface area contributed by atoms with E-state index in [1.807, 2.05) is 6.07 Å². The number of aromatic nitrogens is 4. The summed E-state index contributed by atoms with van der Waals surface area (Å²) in [5, 5.41) is 30.1. The lowest BCUT2D eigenvalue weighted by Gasteiger charge is -2.01. The fourth-order valence-electron chi connectivity index (χ4n) is 1.38. The highest BCUT2D eigenvalue weighted by Gasteiger charge is 2.16. The van der Waals surface area contributed by atoms with E-state index in [2.05, 4.69) is 15.5 Å². The maximum atomic E-state index is 10.8. The van der Waals surface area contributed by atoms with Gasteiger partial charge in [-0.1, -0.05) is 11.6 Å². The van der Waals surface area contributed by atoms with Gasteiger partial charge in [0.25, 0.3) is 5.69 Å². The van der Waals surface area contributed by atoms with Gasteiger partial charge in [-0.3, -0.25) is 10.1 Å². The largest absolute Gasteiger partial charge is 0.288 e. The second-order valence-corrected chi connectivity index (χ2v) is 3.65. The van der Waals surface area contributed by atoms with E-state index in [0.717, 1.165) is 0 Å². The molecule has 0 unspecified atom stereocenters. The molecule has 0 N–H and O–H groups in total. The van der Waals surface area contributed by atoms with E-state index in [9.17, 15) is 10.1 Å². The van der Waals surface area contributed by atoms with E-state index < -0.39 is 4.92 Å². The molecule has 18 heavy (non-hydrogen) atoms. The van der Waals surface area contributed by atoms with Crippen molar-refractivity contribution in [3.8, 4) is 17.5 Å². The maximum absolute atomic E-state index is 10.8. The minimum absolute atomic E-state index is 0.0306. The molecule has 0 spiro atoms. The van der Waals surface area contributed by atoms with Crippen LogP contribution in [-0.4, -0.2) is 25.1 Å². The predicted molar refractivity (Wildman–Crippen MR) is 60.5 cm³/mol. The maximum Gasteiger partial charge on any atom is 0.288 e. The van der Waals surface area contributed by atoms with Crippen LogP contribution in [0.5, 0.6) is 0 Å². The van der Waals surface area contributed by atoms with Crippen LogP contribution in [0.25, 0.3) is 11.4 Å². The molecule has 0 aliphatic carbocycles. The number of tetrazole rings is 1. The van der Waals surface area contributed by atoms with E-state index in [1.54, 1.807) is 6.07 Å². The van der Waals surface area contributed by atoms with Crippen molar-refractivity contribution in [1.82, 2.24) is 20.2 Å². The summed E-state index contributed by atoms with van der Waals surface area (Å²) in [5.74, 6) is 0.274. The van der Waals surface area contributed by atoms with Crippen LogP contribution >= 0.6 is 11.6 Å². The molecule has 8 nitrogen and oxygen atoms in total. The predicted octanol–water partition coefficient (Wildman–Crippen LogP) is 1.43. The number of nitriles is 1. The van der Waals surface area contributed by atoms with Gasteiger partial charge in [0.15, 0.2) is 5.82 Å². The summed E-state index contributed by atoms with van der Waals surface area (Å²) < 4.78 is 1.24. The summed E-state index contributed by atoms with van der Waals surface area (Å²) in [6, 6.07) is 6.10. The first-order valence-electron chi connectivity index (χ1n) is 4.71. The number of nitrogens with zero attached hydrogens (tertiary/aromatic N) is 6. The van der Waals surface area contributed by atoms with Gasteiger partial charge < -0.3 is 0 Å². The van der Waals surface area contributed by atoms with Crippen LogP contribution in [0, 0.1) is 21.4 Å². The normalized spacial score (nSPS) is 10.0. The second kappa shape index (κ2) is 4.77. The second-order valence-electron chi connectivity index (χ2n) is 3.24. The number of halogens is 1. The Morgan fingerprint density at radius 1 is 1.56 bits per heavy atom.